The van der Waals surface area contributed by atoms with Crippen LogP contribution in [-0.4, -0.2) is 98.0 Å². The van der Waals surface area contributed by atoms with E-state index in [1.54, 1.807) is 0 Å². The molecule has 1 aliphatic carbocycles. The number of amides is 2. The quantitative estimate of drug-likeness (QED) is 0.626. The van der Waals surface area contributed by atoms with Gasteiger partial charge in [-0.05, 0) is 43.5 Å². The average molecular weight is 442 g/mol. The third kappa shape index (κ3) is 5.81. The molecule has 2 amide bonds. The molecule has 7 heteroatoms. The van der Waals surface area contributed by atoms with Crippen LogP contribution in [0.5, 0.6) is 0 Å². The van der Waals surface area contributed by atoms with Crippen LogP contribution in [0.15, 0.2) is 24.3 Å². The van der Waals surface area contributed by atoms with Crippen molar-refractivity contribution in [2.24, 2.45) is 0 Å². The summed E-state index contributed by atoms with van der Waals surface area (Å²) in [7, 11) is 0. The molecular weight excluding hydrogens is 402 g/mol. The molecule has 2 heterocycles. The van der Waals surface area contributed by atoms with Gasteiger partial charge in [0.15, 0.2) is 0 Å². The SMILES string of the molecule is CCCCNC(=O)c1ccc(N2CCN(CC(=O)N3CCN(C4CCC4)CC3)CC2)cc1. The Morgan fingerprint density at radius 2 is 1.62 bits per heavy atom. The van der Waals surface area contributed by atoms with Crippen LogP contribution in [0.1, 0.15) is 49.4 Å². The highest BCUT2D eigenvalue weighted by atomic mass is 16.2. The minimum atomic E-state index is 0.00171. The van der Waals surface area contributed by atoms with Crippen LogP contribution >= 0.6 is 0 Å². The summed E-state index contributed by atoms with van der Waals surface area (Å²) >= 11 is 0. The van der Waals surface area contributed by atoms with Crippen molar-refractivity contribution in [2.45, 2.75) is 45.1 Å². The number of carbonyl (C=O) groups excluding carboxylic acids is 2. The van der Waals surface area contributed by atoms with E-state index in [9.17, 15) is 9.59 Å². The van der Waals surface area contributed by atoms with E-state index in [1.807, 2.05) is 24.3 Å². The maximum absolute atomic E-state index is 12.8. The third-order valence-corrected chi connectivity index (χ3v) is 7.30. The molecule has 3 aliphatic rings. The number of hydrogen-bond acceptors (Lipinski definition) is 5. The Labute approximate surface area is 192 Å². The Morgan fingerprint density at radius 3 is 2.22 bits per heavy atom. The van der Waals surface area contributed by atoms with E-state index in [2.05, 4.69) is 31.8 Å². The molecule has 176 valence electrons. The molecule has 0 unspecified atom stereocenters. The summed E-state index contributed by atoms with van der Waals surface area (Å²) in [5.74, 6) is 0.284. The van der Waals surface area contributed by atoms with Gasteiger partial charge in [0.05, 0.1) is 6.54 Å². The molecule has 1 aromatic rings. The van der Waals surface area contributed by atoms with Crippen molar-refractivity contribution in [1.82, 2.24) is 20.0 Å². The number of piperazine rings is 2. The van der Waals surface area contributed by atoms with E-state index in [0.29, 0.717) is 12.1 Å². The van der Waals surface area contributed by atoms with Crippen LogP contribution in [0.4, 0.5) is 5.69 Å². The van der Waals surface area contributed by atoms with Gasteiger partial charge in [-0.2, -0.15) is 0 Å². The van der Waals surface area contributed by atoms with Gasteiger partial charge in [0.25, 0.3) is 5.91 Å². The Hall–Kier alpha value is -2.12. The highest BCUT2D eigenvalue weighted by molar-refractivity contribution is 5.94. The van der Waals surface area contributed by atoms with Crippen molar-refractivity contribution >= 4 is 17.5 Å². The first-order chi connectivity index (χ1) is 15.6. The number of anilines is 1. The van der Waals surface area contributed by atoms with Crippen LogP contribution in [-0.2, 0) is 4.79 Å². The molecule has 0 bridgehead atoms. The second-order valence-corrected chi connectivity index (χ2v) is 9.42. The topological polar surface area (TPSA) is 59.1 Å². The summed E-state index contributed by atoms with van der Waals surface area (Å²) < 4.78 is 0. The van der Waals surface area contributed by atoms with Crippen LogP contribution in [0.2, 0.25) is 0 Å². The third-order valence-electron chi connectivity index (χ3n) is 7.30. The summed E-state index contributed by atoms with van der Waals surface area (Å²) in [6, 6.07) is 8.68. The van der Waals surface area contributed by atoms with Crippen molar-refractivity contribution < 1.29 is 9.59 Å². The summed E-state index contributed by atoms with van der Waals surface area (Å²) in [5, 5.41) is 2.97. The van der Waals surface area contributed by atoms with Gasteiger partial charge in [0.2, 0.25) is 5.91 Å². The van der Waals surface area contributed by atoms with Crippen molar-refractivity contribution in [3.63, 3.8) is 0 Å². The summed E-state index contributed by atoms with van der Waals surface area (Å²) in [6.45, 7) is 10.8. The minimum absolute atomic E-state index is 0.00171. The molecule has 0 atom stereocenters. The molecule has 1 saturated carbocycles. The van der Waals surface area contributed by atoms with Crippen molar-refractivity contribution in [3.05, 3.63) is 29.8 Å². The second-order valence-electron chi connectivity index (χ2n) is 9.42. The van der Waals surface area contributed by atoms with Crippen LogP contribution in [0.3, 0.4) is 0 Å². The van der Waals surface area contributed by atoms with Crippen molar-refractivity contribution in [1.29, 1.82) is 0 Å². The zero-order valence-corrected chi connectivity index (χ0v) is 19.6. The van der Waals surface area contributed by atoms with Crippen LogP contribution < -0.4 is 10.2 Å². The largest absolute Gasteiger partial charge is 0.369 e. The lowest BCUT2D eigenvalue weighted by atomic mass is 9.91. The fourth-order valence-corrected chi connectivity index (χ4v) is 4.85. The number of benzene rings is 1. The van der Waals surface area contributed by atoms with E-state index < -0.39 is 0 Å². The fraction of sp³-hybridized carbons (Fsp3) is 0.680. The van der Waals surface area contributed by atoms with Gasteiger partial charge in [-0.15, -0.1) is 0 Å². The monoisotopic (exact) mass is 441 g/mol. The van der Waals surface area contributed by atoms with E-state index in [4.69, 9.17) is 0 Å². The van der Waals surface area contributed by atoms with Gasteiger partial charge >= 0.3 is 0 Å². The summed E-state index contributed by atoms with van der Waals surface area (Å²) in [6.07, 6.45) is 6.13. The average Bonchev–Trinajstić information content (AvgIpc) is 2.79. The first-order valence-corrected chi connectivity index (χ1v) is 12.5. The normalized spacial score (nSPS) is 20.8. The minimum Gasteiger partial charge on any atom is -0.369 e. The van der Waals surface area contributed by atoms with Gasteiger partial charge in [0.1, 0.15) is 0 Å². The van der Waals surface area contributed by atoms with E-state index >= 15 is 0 Å². The lowest BCUT2D eigenvalue weighted by molar-refractivity contribution is -0.134. The molecule has 2 aliphatic heterocycles. The molecule has 3 fully saturated rings. The maximum atomic E-state index is 12.8. The molecule has 7 nitrogen and oxygen atoms in total. The zero-order valence-electron chi connectivity index (χ0n) is 19.6. The number of rotatable bonds is 8. The Balaban J connectivity index is 1.18. The molecule has 4 rings (SSSR count). The molecule has 0 aromatic heterocycles. The fourth-order valence-electron chi connectivity index (χ4n) is 4.85. The number of unbranched alkanes of at least 4 members (excludes halogenated alkanes) is 1. The highest BCUT2D eigenvalue weighted by Gasteiger charge is 2.30. The highest BCUT2D eigenvalue weighted by Crippen LogP contribution is 2.25. The predicted octanol–water partition coefficient (Wildman–Crippen LogP) is 2.04. The number of carbonyl (C=O) groups is 2. The van der Waals surface area contributed by atoms with Gasteiger partial charge in [-0.3, -0.25) is 19.4 Å². The Morgan fingerprint density at radius 1 is 0.938 bits per heavy atom. The molecule has 32 heavy (non-hydrogen) atoms. The lowest BCUT2D eigenvalue weighted by Crippen LogP contribution is -2.56. The molecule has 0 radical (unpaired) electrons. The number of nitrogens with one attached hydrogen (secondary N) is 1. The first-order valence-electron chi connectivity index (χ1n) is 12.5. The van der Waals surface area contributed by atoms with Gasteiger partial charge < -0.3 is 15.1 Å². The number of hydrogen-bond donors (Lipinski definition) is 1. The molecular formula is C25H39N5O2. The lowest BCUT2D eigenvalue weighted by Gasteiger charge is -2.43. The van der Waals surface area contributed by atoms with Gasteiger partial charge in [-0.1, -0.05) is 19.8 Å². The molecule has 1 aromatic carbocycles. The second kappa shape index (κ2) is 11.1. The van der Waals surface area contributed by atoms with E-state index in [1.165, 1.54) is 19.3 Å². The Bertz CT molecular complexity index is 748. The smallest absolute Gasteiger partial charge is 0.251 e. The molecule has 2 saturated heterocycles. The van der Waals surface area contributed by atoms with E-state index in [-0.39, 0.29) is 11.8 Å². The van der Waals surface area contributed by atoms with Crippen molar-refractivity contribution in [2.75, 3.05) is 70.3 Å². The Kier molecular flexibility index (Phi) is 8.03. The first kappa shape index (κ1) is 23.1. The van der Waals surface area contributed by atoms with Crippen molar-refractivity contribution in [3.8, 4) is 0 Å². The van der Waals surface area contributed by atoms with Crippen LogP contribution in [0, 0.1) is 0 Å². The standard InChI is InChI=1S/C25H39N5O2/c1-2-3-11-26-25(32)21-7-9-23(10-8-21)28-14-12-27(13-15-28)20-24(31)30-18-16-29(17-19-30)22-5-4-6-22/h7-10,22H,2-6,11-20H2,1H3,(H,26,32). The van der Waals surface area contributed by atoms with Gasteiger partial charge in [-0.25, -0.2) is 0 Å². The maximum Gasteiger partial charge on any atom is 0.251 e. The number of nitrogens with zero attached hydrogens (tertiary/aromatic N) is 4. The van der Waals surface area contributed by atoms with E-state index in [0.717, 1.165) is 83.5 Å². The summed E-state index contributed by atoms with van der Waals surface area (Å²) in [4.78, 5) is 34.2. The predicted molar refractivity (Wildman–Crippen MR) is 128 cm³/mol. The van der Waals surface area contributed by atoms with Gasteiger partial charge in [0, 0.05) is 76.2 Å². The molecule has 1 N–H and O–H groups in total. The zero-order chi connectivity index (χ0) is 22.3. The summed E-state index contributed by atoms with van der Waals surface area (Å²) in [5.41, 5.74) is 1.86. The molecule has 0 spiro atoms. The van der Waals surface area contributed by atoms with Crippen LogP contribution in [0.25, 0.3) is 0 Å².